The quantitative estimate of drug-likeness (QED) is 0.638. The number of carbonyl (C=O) groups is 1. The number of primary sulfonamides is 1. The number of nitrogens with two attached hydrogens (primary N) is 1. The highest BCUT2D eigenvalue weighted by Crippen LogP contribution is 2.38. The molecule has 0 aliphatic carbocycles. The normalized spacial score (nSPS) is 12.3. The van der Waals surface area contributed by atoms with E-state index in [9.17, 15) is 13.2 Å². The van der Waals surface area contributed by atoms with Gasteiger partial charge in [-0.15, -0.1) is 11.3 Å². The molecule has 1 heterocycles. The van der Waals surface area contributed by atoms with Gasteiger partial charge >= 0.3 is 0 Å². The zero-order valence-corrected chi connectivity index (χ0v) is 17.4. The molecule has 3 aromatic rings. The van der Waals surface area contributed by atoms with E-state index in [0.717, 1.165) is 10.1 Å². The average Bonchev–Trinajstić information content (AvgIpc) is 2.90. The van der Waals surface area contributed by atoms with Crippen molar-refractivity contribution in [2.75, 3.05) is 5.32 Å². The number of sulfonamides is 1. The van der Waals surface area contributed by atoms with Gasteiger partial charge in [0.25, 0.3) is 5.91 Å². The molecule has 0 saturated carbocycles. The molecule has 0 fully saturated rings. The van der Waals surface area contributed by atoms with Crippen LogP contribution in [0.5, 0.6) is 0 Å². The summed E-state index contributed by atoms with van der Waals surface area (Å²) in [5.74, 6) is -0.345. The molecule has 142 valence electrons. The Bertz CT molecular complexity index is 1130. The van der Waals surface area contributed by atoms with Crippen LogP contribution >= 0.6 is 22.9 Å². The Hall–Kier alpha value is -1.93. The van der Waals surface area contributed by atoms with Gasteiger partial charge in [-0.05, 0) is 41.3 Å². The zero-order chi connectivity index (χ0) is 20.0. The third-order valence-corrected chi connectivity index (χ3v) is 6.73. The maximum atomic E-state index is 12.6. The van der Waals surface area contributed by atoms with Crippen molar-refractivity contribution in [1.29, 1.82) is 0 Å². The number of benzene rings is 2. The topological polar surface area (TPSA) is 89.3 Å². The zero-order valence-electron chi connectivity index (χ0n) is 15.0. The molecular weight excluding hydrogens is 404 g/mol. The summed E-state index contributed by atoms with van der Waals surface area (Å²) in [6.45, 7) is 6.38. The van der Waals surface area contributed by atoms with Crippen LogP contribution in [0.2, 0.25) is 5.02 Å². The van der Waals surface area contributed by atoms with Crippen molar-refractivity contribution >= 4 is 54.6 Å². The van der Waals surface area contributed by atoms with Gasteiger partial charge in [-0.1, -0.05) is 44.5 Å². The minimum absolute atomic E-state index is 0.00183. The Morgan fingerprint density at radius 3 is 2.30 bits per heavy atom. The highest BCUT2D eigenvalue weighted by molar-refractivity contribution is 7.89. The van der Waals surface area contributed by atoms with Crippen LogP contribution in [0.15, 0.2) is 47.4 Å². The van der Waals surface area contributed by atoms with E-state index in [-0.39, 0.29) is 16.2 Å². The number of thiophene rings is 1. The van der Waals surface area contributed by atoms with Gasteiger partial charge in [-0.25, -0.2) is 13.6 Å². The van der Waals surface area contributed by atoms with Crippen molar-refractivity contribution in [2.45, 2.75) is 31.1 Å². The Kier molecular flexibility index (Phi) is 5.07. The molecule has 3 N–H and O–H groups in total. The predicted molar refractivity (Wildman–Crippen MR) is 111 cm³/mol. The minimum atomic E-state index is -3.77. The van der Waals surface area contributed by atoms with Crippen molar-refractivity contribution in [2.24, 2.45) is 5.14 Å². The fourth-order valence-electron chi connectivity index (χ4n) is 2.59. The second-order valence-corrected chi connectivity index (χ2v) is 10.2. The first kappa shape index (κ1) is 19.8. The number of anilines is 1. The first-order valence-electron chi connectivity index (χ1n) is 8.13. The number of fused-ring (bicyclic) bond motifs is 1. The lowest BCUT2D eigenvalue weighted by Gasteiger charge is -2.18. The van der Waals surface area contributed by atoms with E-state index in [1.54, 1.807) is 0 Å². The van der Waals surface area contributed by atoms with Crippen LogP contribution in [0.25, 0.3) is 10.1 Å². The van der Waals surface area contributed by atoms with Crippen molar-refractivity contribution in [1.82, 2.24) is 0 Å². The first-order valence-corrected chi connectivity index (χ1v) is 10.9. The van der Waals surface area contributed by atoms with Crippen molar-refractivity contribution < 1.29 is 13.2 Å². The molecule has 0 aliphatic rings. The number of nitrogens with one attached hydrogen (secondary N) is 1. The number of rotatable bonds is 3. The number of hydrogen-bond donors (Lipinski definition) is 2. The first-order chi connectivity index (χ1) is 12.5. The van der Waals surface area contributed by atoms with E-state index in [1.807, 2.05) is 12.1 Å². The SMILES string of the molecule is CC(C)(C)c1ccc2c(Cl)c(C(=O)Nc3ccc(S(N)(=O)=O)cc3)sc2c1. The molecule has 8 heteroatoms. The summed E-state index contributed by atoms with van der Waals surface area (Å²) in [6, 6.07) is 11.7. The second-order valence-electron chi connectivity index (χ2n) is 7.23. The summed E-state index contributed by atoms with van der Waals surface area (Å²) >= 11 is 7.75. The molecule has 3 rings (SSSR count). The second kappa shape index (κ2) is 6.91. The highest BCUT2D eigenvalue weighted by atomic mass is 35.5. The molecule has 0 bridgehead atoms. The van der Waals surface area contributed by atoms with E-state index in [1.165, 1.54) is 41.2 Å². The van der Waals surface area contributed by atoms with Gasteiger partial charge in [0.1, 0.15) is 4.88 Å². The van der Waals surface area contributed by atoms with Gasteiger partial charge in [0, 0.05) is 15.8 Å². The summed E-state index contributed by atoms with van der Waals surface area (Å²) in [4.78, 5) is 13.0. The summed E-state index contributed by atoms with van der Waals surface area (Å²) in [6.07, 6.45) is 0. The maximum absolute atomic E-state index is 12.6. The molecule has 0 unspecified atom stereocenters. The van der Waals surface area contributed by atoms with Crippen molar-refractivity contribution in [3.8, 4) is 0 Å². The molecule has 0 aliphatic heterocycles. The van der Waals surface area contributed by atoms with Gasteiger partial charge in [-0.2, -0.15) is 0 Å². The minimum Gasteiger partial charge on any atom is -0.321 e. The van der Waals surface area contributed by atoms with E-state index in [4.69, 9.17) is 16.7 Å². The Labute approximate surface area is 167 Å². The fraction of sp³-hybridized carbons (Fsp3) is 0.211. The van der Waals surface area contributed by atoms with Crippen molar-refractivity contribution in [3.63, 3.8) is 0 Å². The molecule has 0 spiro atoms. The molecule has 27 heavy (non-hydrogen) atoms. The van der Waals surface area contributed by atoms with Gasteiger partial charge in [0.05, 0.1) is 9.92 Å². The Balaban J connectivity index is 1.90. The Morgan fingerprint density at radius 2 is 1.74 bits per heavy atom. The molecule has 0 atom stereocenters. The Morgan fingerprint density at radius 1 is 1.11 bits per heavy atom. The van der Waals surface area contributed by atoms with Crippen LogP contribution < -0.4 is 10.5 Å². The lowest BCUT2D eigenvalue weighted by Crippen LogP contribution is -2.13. The van der Waals surface area contributed by atoms with Crippen LogP contribution in [0.4, 0.5) is 5.69 Å². The van der Waals surface area contributed by atoms with Gasteiger partial charge < -0.3 is 5.32 Å². The number of amides is 1. The predicted octanol–water partition coefficient (Wildman–Crippen LogP) is 4.75. The third kappa shape index (κ3) is 4.16. The van der Waals surface area contributed by atoms with E-state index < -0.39 is 10.0 Å². The van der Waals surface area contributed by atoms with E-state index in [0.29, 0.717) is 15.6 Å². The average molecular weight is 423 g/mol. The number of hydrogen-bond acceptors (Lipinski definition) is 4. The summed E-state index contributed by atoms with van der Waals surface area (Å²) in [7, 11) is -3.77. The van der Waals surface area contributed by atoms with Gasteiger partial charge in [0.15, 0.2) is 0 Å². The lowest BCUT2D eigenvalue weighted by molar-refractivity contribution is 0.103. The molecule has 1 aromatic heterocycles. The van der Waals surface area contributed by atoms with Crippen LogP contribution in [0.3, 0.4) is 0 Å². The van der Waals surface area contributed by atoms with Crippen molar-refractivity contribution in [3.05, 3.63) is 57.9 Å². The molecule has 1 amide bonds. The van der Waals surface area contributed by atoms with Gasteiger partial charge in [-0.3, -0.25) is 4.79 Å². The standard InChI is InChI=1S/C19H19ClN2O3S2/c1-19(2,3)11-4-9-14-15(10-11)26-17(16(14)20)18(23)22-12-5-7-13(8-6-12)27(21,24)25/h4-10H,1-3H3,(H,22,23)(H2,21,24,25). The number of carbonyl (C=O) groups excluding carboxylic acids is 1. The maximum Gasteiger partial charge on any atom is 0.267 e. The van der Waals surface area contributed by atoms with E-state index >= 15 is 0 Å². The summed E-state index contributed by atoms with van der Waals surface area (Å²) < 4.78 is 23.6. The molecule has 0 radical (unpaired) electrons. The van der Waals surface area contributed by atoms with Crippen LogP contribution in [-0.2, 0) is 15.4 Å². The highest BCUT2D eigenvalue weighted by Gasteiger charge is 2.20. The monoisotopic (exact) mass is 422 g/mol. The number of halogens is 1. The lowest BCUT2D eigenvalue weighted by atomic mass is 9.87. The van der Waals surface area contributed by atoms with Crippen LogP contribution in [0.1, 0.15) is 36.0 Å². The molecule has 0 saturated heterocycles. The molecule has 2 aromatic carbocycles. The third-order valence-electron chi connectivity index (χ3n) is 4.14. The van der Waals surface area contributed by atoms with Crippen LogP contribution in [0, 0.1) is 0 Å². The smallest absolute Gasteiger partial charge is 0.267 e. The summed E-state index contributed by atoms with van der Waals surface area (Å²) in [5, 5.41) is 9.06. The molecule has 5 nitrogen and oxygen atoms in total. The summed E-state index contributed by atoms with van der Waals surface area (Å²) in [5.41, 5.74) is 1.62. The van der Waals surface area contributed by atoms with Crippen LogP contribution in [-0.4, -0.2) is 14.3 Å². The largest absolute Gasteiger partial charge is 0.321 e. The van der Waals surface area contributed by atoms with E-state index in [2.05, 4.69) is 32.2 Å². The fourth-order valence-corrected chi connectivity index (χ4v) is 4.56. The van der Waals surface area contributed by atoms with Gasteiger partial charge in [0.2, 0.25) is 10.0 Å². The molecular formula is C19H19ClN2O3S2.